The number of para-hydroxylation sites is 2. The molecule has 0 aliphatic rings. The van der Waals surface area contributed by atoms with Crippen LogP contribution in [-0.4, -0.2) is 29.8 Å². The predicted octanol–water partition coefficient (Wildman–Crippen LogP) is 2.48. The monoisotopic (exact) mass is 261 g/mol. The first-order chi connectivity index (χ1) is 9.33. The number of hydrogen-bond donors (Lipinski definition) is 1. The predicted molar refractivity (Wildman–Crippen MR) is 78.1 cm³/mol. The van der Waals surface area contributed by atoms with E-state index in [1.165, 1.54) is 18.4 Å². The van der Waals surface area contributed by atoms with Crippen LogP contribution in [0.3, 0.4) is 0 Å². The molecule has 0 atom stereocenters. The third-order valence-corrected chi connectivity index (χ3v) is 3.36. The van der Waals surface area contributed by atoms with E-state index in [4.69, 9.17) is 4.74 Å². The third-order valence-electron chi connectivity index (χ3n) is 3.36. The van der Waals surface area contributed by atoms with Crippen LogP contribution in [-0.2, 0) is 18.3 Å². The number of nitrogens with one attached hydrogen (secondary N) is 1. The highest BCUT2D eigenvalue weighted by molar-refractivity contribution is 5.75. The number of benzene rings is 1. The van der Waals surface area contributed by atoms with Crippen LogP contribution in [0.5, 0.6) is 0 Å². The van der Waals surface area contributed by atoms with Crippen LogP contribution in [0.2, 0.25) is 0 Å². The summed E-state index contributed by atoms with van der Waals surface area (Å²) in [4.78, 5) is 4.64. The summed E-state index contributed by atoms with van der Waals surface area (Å²) in [7, 11) is 3.83. The number of imidazole rings is 1. The first-order valence-electron chi connectivity index (χ1n) is 6.93. The van der Waals surface area contributed by atoms with Crippen LogP contribution in [0.4, 0.5) is 0 Å². The van der Waals surface area contributed by atoms with Gasteiger partial charge in [-0.2, -0.15) is 0 Å². The summed E-state index contributed by atoms with van der Waals surface area (Å²) in [5.41, 5.74) is 2.27. The molecule has 104 valence electrons. The maximum Gasteiger partial charge on any atom is 0.123 e. The molecule has 4 heteroatoms. The molecule has 0 saturated carbocycles. The van der Waals surface area contributed by atoms with Gasteiger partial charge in [0.25, 0.3) is 0 Å². The fourth-order valence-electron chi connectivity index (χ4n) is 2.23. The highest BCUT2D eigenvalue weighted by Gasteiger charge is 2.05. The van der Waals surface area contributed by atoms with Gasteiger partial charge in [-0.25, -0.2) is 4.98 Å². The number of ether oxygens (including phenoxy) is 1. The maximum absolute atomic E-state index is 5.03. The lowest BCUT2D eigenvalue weighted by molar-refractivity contribution is 0.192. The molecule has 0 aliphatic carbocycles. The van der Waals surface area contributed by atoms with Crippen molar-refractivity contribution in [2.24, 2.45) is 7.05 Å². The number of unbranched alkanes of at least 4 members (excludes halogenated alkanes) is 2. The molecule has 0 radical (unpaired) electrons. The maximum atomic E-state index is 5.03. The lowest BCUT2D eigenvalue weighted by Gasteiger charge is -2.05. The lowest BCUT2D eigenvalue weighted by atomic mass is 10.2. The minimum Gasteiger partial charge on any atom is -0.385 e. The SMILES string of the molecule is COCCCCCNCc1nc2ccccc2n1C. The second-order valence-corrected chi connectivity index (χ2v) is 4.81. The minimum absolute atomic E-state index is 0.829. The molecule has 1 aromatic heterocycles. The highest BCUT2D eigenvalue weighted by atomic mass is 16.5. The summed E-state index contributed by atoms with van der Waals surface area (Å²) >= 11 is 0. The molecule has 0 bridgehead atoms. The van der Waals surface area contributed by atoms with Gasteiger partial charge in [-0.3, -0.25) is 0 Å². The van der Waals surface area contributed by atoms with Crippen LogP contribution in [0.15, 0.2) is 24.3 Å². The van der Waals surface area contributed by atoms with Crippen LogP contribution in [0.25, 0.3) is 11.0 Å². The third kappa shape index (κ3) is 3.78. The molecule has 2 rings (SSSR count). The Kier molecular flexibility index (Phi) is 5.36. The van der Waals surface area contributed by atoms with Gasteiger partial charge < -0.3 is 14.6 Å². The quantitative estimate of drug-likeness (QED) is 0.742. The minimum atomic E-state index is 0.829. The molecular formula is C15H23N3O. The van der Waals surface area contributed by atoms with Crippen molar-refractivity contribution in [3.8, 4) is 0 Å². The van der Waals surface area contributed by atoms with Crippen molar-refractivity contribution in [1.29, 1.82) is 0 Å². The molecular weight excluding hydrogens is 238 g/mol. The Morgan fingerprint density at radius 2 is 2.05 bits per heavy atom. The second kappa shape index (κ2) is 7.26. The van der Waals surface area contributed by atoms with E-state index < -0.39 is 0 Å². The van der Waals surface area contributed by atoms with Gasteiger partial charge in [-0.15, -0.1) is 0 Å². The van der Waals surface area contributed by atoms with E-state index in [1.807, 2.05) is 6.07 Å². The summed E-state index contributed by atoms with van der Waals surface area (Å²) in [5.74, 6) is 1.10. The van der Waals surface area contributed by atoms with E-state index in [0.29, 0.717) is 0 Å². The van der Waals surface area contributed by atoms with Crippen molar-refractivity contribution in [2.75, 3.05) is 20.3 Å². The Balaban J connectivity index is 1.77. The molecule has 1 heterocycles. The van der Waals surface area contributed by atoms with Gasteiger partial charge in [0.2, 0.25) is 0 Å². The van der Waals surface area contributed by atoms with Crippen molar-refractivity contribution in [2.45, 2.75) is 25.8 Å². The van der Waals surface area contributed by atoms with Gasteiger partial charge >= 0.3 is 0 Å². The van der Waals surface area contributed by atoms with Gasteiger partial charge in [0.05, 0.1) is 17.6 Å². The Hall–Kier alpha value is -1.39. The Morgan fingerprint density at radius 1 is 1.21 bits per heavy atom. The first kappa shape index (κ1) is 14.0. The molecule has 2 aromatic rings. The largest absolute Gasteiger partial charge is 0.385 e. The number of aromatic nitrogens is 2. The zero-order valence-electron chi connectivity index (χ0n) is 11.9. The number of nitrogens with zero attached hydrogens (tertiary/aromatic N) is 2. The highest BCUT2D eigenvalue weighted by Crippen LogP contribution is 2.13. The van der Waals surface area contributed by atoms with Crippen molar-refractivity contribution in [1.82, 2.24) is 14.9 Å². The molecule has 0 unspecified atom stereocenters. The van der Waals surface area contributed by atoms with Gasteiger partial charge in [-0.1, -0.05) is 12.1 Å². The van der Waals surface area contributed by atoms with E-state index >= 15 is 0 Å². The van der Waals surface area contributed by atoms with Crippen LogP contribution >= 0.6 is 0 Å². The van der Waals surface area contributed by atoms with E-state index in [0.717, 1.165) is 37.5 Å². The van der Waals surface area contributed by atoms with Gasteiger partial charge in [0, 0.05) is 20.8 Å². The molecule has 0 amide bonds. The fourth-order valence-corrected chi connectivity index (χ4v) is 2.23. The summed E-state index contributed by atoms with van der Waals surface area (Å²) in [6, 6.07) is 8.25. The van der Waals surface area contributed by atoms with E-state index in [2.05, 4.69) is 40.1 Å². The number of fused-ring (bicyclic) bond motifs is 1. The molecule has 0 spiro atoms. The zero-order chi connectivity index (χ0) is 13.5. The Bertz CT molecular complexity index is 507. The van der Waals surface area contributed by atoms with Crippen molar-refractivity contribution >= 4 is 11.0 Å². The average molecular weight is 261 g/mol. The van der Waals surface area contributed by atoms with E-state index in [1.54, 1.807) is 7.11 Å². The molecule has 0 fully saturated rings. The van der Waals surface area contributed by atoms with Crippen molar-refractivity contribution in [3.63, 3.8) is 0 Å². The van der Waals surface area contributed by atoms with E-state index in [-0.39, 0.29) is 0 Å². The number of methoxy groups -OCH3 is 1. The Morgan fingerprint density at radius 3 is 2.84 bits per heavy atom. The smallest absolute Gasteiger partial charge is 0.123 e. The zero-order valence-corrected chi connectivity index (χ0v) is 11.9. The molecule has 4 nitrogen and oxygen atoms in total. The number of hydrogen-bond acceptors (Lipinski definition) is 3. The first-order valence-corrected chi connectivity index (χ1v) is 6.93. The summed E-state index contributed by atoms with van der Waals surface area (Å²) in [5, 5.41) is 3.46. The normalized spacial score (nSPS) is 11.3. The Labute approximate surface area is 114 Å². The molecule has 1 N–H and O–H groups in total. The van der Waals surface area contributed by atoms with Crippen LogP contribution < -0.4 is 5.32 Å². The second-order valence-electron chi connectivity index (χ2n) is 4.81. The van der Waals surface area contributed by atoms with Gasteiger partial charge in [-0.05, 0) is 37.9 Å². The number of rotatable bonds is 8. The molecule has 19 heavy (non-hydrogen) atoms. The van der Waals surface area contributed by atoms with Crippen molar-refractivity contribution in [3.05, 3.63) is 30.1 Å². The molecule has 1 aromatic carbocycles. The van der Waals surface area contributed by atoms with Crippen LogP contribution in [0.1, 0.15) is 25.1 Å². The van der Waals surface area contributed by atoms with E-state index in [9.17, 15) is 0 Å². The molecule has 0 aliphatic heterocycles. The average Bonchev–Trinajstić information content (AvgIpc) is 2.75. The topological polar surface area (TPSA) is 39.1 Å². The summed E-state index contributed by atoms with van der Waals surface area (Å²) in [6.45, 7) is 2.73. The van der Waals surface area contributed by atoms with Gasteiger partial charge in [0.1, 0.15) is 5.82 Å². The lowest BCUT2D eigenvalue weighted by Crippen LogP contribution is -2.17. The standard InChI is InChI=1S/C15H23N3O/c1-18-14-9-5-4-8-13(14)17-15(18)12-16-10-6-3-7-11-19-2/h4-5,8-9,16H,3,6-7,10-12H2,1-2H3. The fraction of sp³-hybridized carbons (Fsp3) is 0.533. The van der Waals surface area contributed by atoms with Crippen molar-refractivity contribution < 1.29 is 4.74 Å². The summed E-state index contributed by atoms with van der Waals surface area (Å²) in [6.07, 6.45) is 3.54. The number of aryl methyl sites for hydroxylation is 1. The summed E-state index contributed by atoms with van der Waals surface area (Å²) < 4.78 is 7.19. The van der Waals surface area contributed by atoms with Gasteiger partial charge in [0.15, 0.2) is 0 Å². The van der Waals surface area contributed by atoms with Crippen LogP contribution in [0, 0.1) is 0 Å². The molecule has 0 saturated heterocycles.